The molecule has 3 rings (SSSR count). The monoisotopic (exact) mass is 329 g/mol. The number of methoxy groups -OCH3 is 1. The van der Waals surface area contributed by atoms with E-state index in [-0.39, 0.29) is 5.69 Å². The third-order valence-electron chi connectivity index (χ3n) is 3.35. The lowest BCUT2D eigenvalue weighted by Crippen LogP contribution is -1.95. The number of hydrogen-bond acceptors (Lipinski definition) is 5. The minimum Gasteiger partial charge on any atom is -0.494 e. The first-order valence-electron chi connectivity index (χ1n) is 6.73. The number of para-hydroxylation sites is 1. The predicted octanol–water partition coefficient (Wildman–Crippen LogP) is 4.55. The molecule has 0 unspecified atom stereocenters. The zero-order valence-corrected chi connectivity index (χ0v) is 12.9. The summed E-state index contributed by atoms with van der Waals surface area (Å²) in [6, 6.07) is 13.4. The number of nitro benzene ring substituents is 1. The van der Waals surface area contributed by atoms with Crippen molar-refractivity contribution in [3.05, 3.63) is 63.8 Å². The summed E-state index contributed by atoms with van der Waals surface area (Å²) in [5, 5.41) is 15.1. The van der Waals surface area contributed by atoms with Gasteiger partial charge in [0.1, 0.15) is 16.4 Å². The van der Waals surface area contributed by atoms with E-state index >= 15 is 0 Å². The maximum Gasteiger partial charge on any atom is 0.269 e. The van der Waals surface area contributed by atoms with Crippen molar-refractivity contribution in [3.8, 4) is 5.75 Å². The Morgan fingerprint density at radius 1 is 1.22 bits per heavy atom. The van der Waals surface area contributed by atoms with Crippen LogP contribution in [0.3, 0.4) is 0 Å². The summed E-state index contributed by atoms with van der Waals surface area (Å²) in [6.45, 7) is 0. The number of nitrogens with zero attached hydrogens (tertiary/aromatic N) is 2. The largest absolute Gasteiger partial charge is 0.494 e. The van der Waals surface area contributed by atoms with Gasteiger partial charge in [0.15, 0.2) is 0 Å². The van der Waals surface area contributed by atoms with Gasteiger partial charge in [0.2, 0.25) is 0 Å². The number of nitro groups is 1. The molecule has 0 aliphatic rings. The molecule has 116 valence electrons. The summed E-state index contributed by atoms with van der Waals surface area (Å²) in [4.78, 5) is 14.6. The molecule has 0 aliphatic heterocycles. The zero-order valence-electron chi connectivity index (χ0n) is 12.1. The van der Waals surface area contributed by atoms with Crippen LogP contribution in [-0.4, -0.2) is 17.0 Å². The van der Waals surface area contributed by atoms with Crippen LogP contribution in [0, 0.1) is 10.1 Å². The second-order valence-corrected chi connectivity index (χ2v) is 5.17. The standard InChI is InChI=1S/C16H12ClN3O3/c1-23-14-4-2-3-12-13(9-15(17)19-16(12)14)18-10-5-7-11(8-6-10)20(21)22/h2-9H,1H3,(H,18,19). The van der Waals surface area contributed by atoms with E-state index in [0.29, 0.717) is 22.1 Å². The second kappa shape index (κ2) is 6.10. The van der Waals surface area contributed by atoms with Gasteiger partial charge in [-0.2, -0.15) is 0 Å². The van der Waals surface area contributed by atoms with E-state index < -0.39 is 4.92 Å². The Morgan fingerprint density at radius 3 is 2.61 bits per heavy atom. The lowest BCUT2D eigenvalue weighted by molar-refractivity contribution is -0.384. The van der Waals surface area contributed by atoms with Crippen LogP contribution >= 0.6 is 11.6 Å². The number of ether oxygens (including phenoxy) is 1. The Labute approximate surface area is 136 Å². The van der Waals surface area contributed by atoms with E-state index in [4.69, 9.17) is 16.3 Å². The highest BCUT2D eigenvalue weighted by Crippen LogP contribution is 2.33. The molecule has 23 heavy (non-hydrogen) atoms. The number of anilines is 2. The quantitative estimate of drug-likeness (QED) is 0.431. The van der Waals surface area contributed by atoms with Gasteiger partial charge in [-0.05, 0) is 24.3 Å². The molecule has 0 bridgehead atoms. The lowest BCUT2D eigenvalue weighted by atomic mass is 10.1. The Morgan fingerprint density at radius 2 is 1.96 bits per heavy atom. The first-order valence-corrected chi connectivity index (χ1v) is 7.11. The number of rotatable bonds is 4. The van der Waals surface area contributed by atoms with Gasteiger partial charge in [0.25, 0.3) is 5.69 Å². The number of halogens is 1. The van der Waals surface area contributed by atoms with Crippen LogP contribution in [0.5, 0.6) is 5.75 Å². The van der Waals surface area contributed by atoms with Gasteiger partial charge >= 0.3 is 0 Å². The number of nitrogens with one attached hydrogen (secondary N) is 1. The zero-order chi connectivity index (χ0) is 16.4. The van der Waals surface area contributed by atoms with E-state index in [1.54, 1.807) is 31.4 Å². The van der Waals surface area contributed by atoms with Crippen LogP contribution in [0.15, 0.2) is 48.5 Å². The molecule has 2 aromatic carbocycles. The van der Waals surface area contributed by atoms with E-state index in [2.05, 4.69) is 10.3 Å². The van der Waals surface area contributed by atoms with E-state index in [1.807, 2.05) is 12.1 Å². The van der Waals surface area contributed by atoms with Crippen molar-refractivity contribution in [2.75, 3.05) is 12.4 Å². The average Bonchev–Trinajstić information content (AvgIpc) is 2.54. The average molecular weight is 330 g/mol. The number of hydrogen-bond donors (Lipinski definition) is 1. The summed E-state index contributed by atoms with van der Waals surface area (Å²) in [7, 11) is 1.57. The molecule has 0 saturated heterocycles. The molecule has 0 saturated carbocycles. The first kappa shape index (κ1) is 15.1. The van der Waals surface area contributed by atoms with Crippen molar-refractivity contribution in [1.29, 1.82) is 0 Å². The van der Waals surface area contributed by atoms with E-state index in [9.17, 15) is 10.1 Å². The van der Waals surface area contributed by atoms with Crippen molar-refractivity contribution in [2.24, 2.45) is 0 Å². The number of fused-ring (bicyclic) bond motifs is 1. The Kier molecular flexibility index (Phi) is 3.99. The molecule has 0 radical (unpaired) electrons. The molecular weight excluding hydrogens is 318 g/mol. The van der Waals surface area contributed by atoms with Crippen LogP contribution in [0.1, 0.15) is 0 Å². The predicted molar refractivity (Wildman–Crippen MR) is 89.7 cm³/mol. The Balaban J connectivity index is 2.04. The first-order chi connectivity index (χ1) is 11.1. The highest BCUT2D eigenvalue weighted by molar-refractivity contribution is 6.30. The molecule has 7 heteroatoms. The van der Waals surface area contributed by atoms with Crippen molar-refractivity contribution >= 4 is 39.6 Å². The number of benzene rings is 2. The summed E-state index contributed by atoms with van der Waals surface area (Å²) in [5.41, 5.74) is 2.14. The molecular formula is C16H12ClN3O3. The summed E-state index contributed by atoms with van der Waals surface area (Å²) in [5.74, 6) is 0.622. The van der Waals surface area contributed by atoms with Gasteiger partial charge in [0, 0.05) is 23.2 Å². The van der Waals surface area contributed by atoms with Crippen molar-refractivity contribution in [1.82, 2.24) is 4.98 Å². The highest BCUT2D eigenvalue weighted by atomic mass is 35.5. The van der Waals surface area contributed by atoms with Crippen LogP contribution in [0.25, 0.3) is 10.9 Å². The van der Waals surface area contributed by atoms with Crippen molar-refractivity contribution in [3.63, 3.8) is 0 Å². The lowest BCUT2D eigenvalue weighted by Gasteiger charge is -2.12. The summed E-state index contributed by atoms with van der Waals surface area (Å²) < 4.78 is 5.31. The maximum atomic E-state index is 10.7. The molecule has 1 aromatic heterocycles. The van der Waals surface area contributed by atoms with E-state index in [0.717, 1.165) is 11.1 Å². The minimum absolute atomic E-state index is 0.0369. The Bertz CT molecular complexity index is 882. The Hall–Kier alpha value is -2.86. The fourth-order valence-electron chi connectivity index (χ4n) is 2.28. The molecule has 3 aromatic rings. The molecule has 0 fully saturated rings. The number of aromatic nitrogens is 1. The van der Waals surface area contributed by atoms with Gasteiger partial charge < -0.3 is 10.1 Å². The molecule has 0 aliphatic carbocycles. The highest BCUT2D eigenvalue weighted by Gasteiger charge is 2.10. The van der Waals surface area contributed by atoms with Crippen LogP contribution < -0.4 is 10.1 Å². The summed E-state index contributed by atoms with van der Waals surface area (Å²) in [6.07, 6.45) is 0. The van der Waals surface area contributed by atoms with E-state index in [1.165, 1.54) is 12.1 Å². The minimum atomic E-state index is -0.437. The van der Waals surface area contributed by atoms with Gasteiger partial charge in [-0.25, -0.2) is 4.98 Å². The second-order valence-electron chi connectivity index (χ2n) is 4.78. The van der Waals surface area contributed by atoms with Gasteiger partial charge in [0.05, 0.1) is 17.7 Å². The van der Waals surface area contributed by atoms with Crippen LogP contribution in [0.4, 0.5) is 17.1 Å². The number of non-ortho nitro benzene ring substituents is 1. The van der Waals surface area contributed by atoms with Gasteiger partial charge in [-0.3, -0.25) is 10.1 Å². The maximum absolute atomic E-state index is 10.7. The molecule has 1 heterocycles. The SMILES string of the molecule is COc1cccc2c(Nc3ccc([N+](=O)[O-])cc3)cc(Cl)nc12. The fourth-order valence-corrected chi connectivity index (χ4v) is 2.47. The molecule has 6 nitrogen and oxygen atoms in total. The number of pyridine rings is 1. The van der Waals surface area contributed by atoms with Gasteiger partial charge in [-0.15, -0.1) is 0 Å². The smallest absolute Gasteiger partial charge is 0.269 e. The van der Waals surface area contributed by atoms with Crippen LogP contribution in [0.2, 0.25) is 5.15 Å². The summed E-state index contributed by atoms with van der Waals surface area (Å²) >= 11 is 6.09. The molecule has 1 N–H and O–H groups in total. The van der Waals surface area contributed by atoms with Crippen LogP contribution in [-0.2, 0) is 0 Å². The fraction of sp³-hybridized carbons (Fsp3) is 0.0625. The van der Waals surface area contributed by atoms with Crippen molar-refractivity contribution < 1.29 is 9.66 Å². The van der Waals surface area contributed by atoms with Gasteiger partial charge in [-0.1, -0.05) is 23.7 Å². The molecule has 0 amide bonds. The molecule has 0 atom stereocenters. The normalized spacial score (nSPS) is 10.5. The molecule has 0 spiro atoms. The van der Waals surface area contributed by atoms with Crippen molar-refractivity contribution in [2.45, 2.75) is 0 Å². The third-order valence-corrected chi connectivity index (χ3v) is 3.54. The third kappa shape index (κ3) is 3.02. The topological polar surface area (TPSA) is 77.3 Å².